The number of hydrogen-bond donors (Lipinski definition) is 2. The molecule has 1 aliphatic rings. The molecular weight excluding hydrogens is 218 g/mol. The van der Waals surface area contributed by atoms with Gasteiger partial charge in [-0.25, -0.2) is 0 Å². The van der Waals surface area contributed by atoms with Crippen LogP contribution in [0.4, 0.5) is 0 Å². The highest BCUT2D eigenvalue weighted by Gasteiger charge is 2.18. The third kappa shape index (κ3) is 5.12. The fourth-order valence-electron chi connectivity index (χ4n) is 2.05. The van der Waals surface area contributed by atoms with Crippen molar-refractivity contribution in [1.82, 2.24) is 15.5 Å². The fraction of sp³-hybridized carbons (Fsp3) is 0.917. The summed E-state index contributed by atoms with van der Waals surface area (Å²) in [5, 5.41) is 7.37. The number of nitrogens with zero attached hydrogens (tertiary/aromatic N) is 1. The number of unbranched alkanes of at least 4 members (excludes halogenated alkanes) is 1. The highest BCUT2D eigenvalue weighted by atomic mass is 32.1. The lowest BCUT2D eigenvalue weighted by atomic mass is 10.0. The van der Waals surface area contributed by atoms with Crippen LogP contribution in [0.15, 0.2) is 0 Å². The molecule has 3 nitrogen and oxygen atoms in total. The molecule has 0 radical (unpaired) electrons. The van der Waals surface area contributed by atoms with Gasteiger partial charge < -0.3 is 15.5 Å². The minimum atomic E-state index is 0.652. The highest BCUT2D eigenvalue weighted by Crippen LogP contribution is 2.13. The van der Waals surface area contributed by atoms with E-state index in [0.29, 0.717) is 6.04 Å². The maximum absolute atomic E-state index is 5.23. The Morgan fingerprint density at radius 1 is 1.38 bits per heavy atom. The van der Waals surface area contributed by atoms with E-state index in [4.69, 9.17) is 12.2 Å². The van der Waals surface area contributed by atoms with Gasteiger partial charge in [0.25, 0.3) is 0 Å². The molecule has 0 aromatic heterocycles. The van der Waals surface area contributed by atoms with Crippen molar-refractivity contribution in [3.63, 3.8) is 0 Å². The topological polar surface area (TPSA) is 27.3 Å². The van der Waals surface area contributed by atoms with Gasteiger partial charge in [0.2, 0.25) is 0 Å². The number of likely N-dealkylation sites (tertiary alicyclic amines) is 1. The van der Waals surface area contributed by atoms with Gasteiger partial charge in [-0.2, -0.15) is 0 Å². The monoisotopic (exact) mass is 243 g/mol. The van der Waals surface area contributed by atoms with E-state index in [9.17, 15) is 0 Å². The van der Waals surface area contributed by atoms with Gasteiger partial charge >= 0.3 is 0 Å². The molecule has 0 amide bonds. The molecule has 1 aliphatic heterocycles. The number of nitrogens with one attached hydrogen (secondary N) is 2. The zero-order valence-electron chi connectivity index (χ0n) is 10.6. The summed E-state index contributed by atoms with van der Waals surface area (Å²) < 4.78 is 0. The van der Waals surface area contributed by atoms with Gasteiger partial charge in [0.1, 0.15) is 0 Å². The van der Waals surface area contributed by atoms with Gasteiger partial charge in [-0.15, -0.1) is 0 Å². The summed E-state index contributed by atoms with van der Waals surface area (Å²) in [5.74, 6) is 0. The largest absolute Gasteiger partial charge is 0.363 e. The van der Waals surface area contributed by atoms with Crippen LogP contribution < -0.4 is 10.6 Å². The number of piperidine rings is 1. The van der Waals surface area contributed by atoms with Crippen LogP contribution in [-0.4, -0.2) is 42.7 Å². The van der Waals surface area contributed by atoms with E-state index in [0.717, 1.165) is 18.2 Å². The minimum Gasteiger partial charge on any atom is -0.363 e. The van der Waals surface area contributed by atoms with Crippen LogP contribution in [0.3, 0.4) is 0 Å². The van der Waals surface area contributed by atoms with Gasteiger partial charge in [0.05, 0.1) is 0 Å². The van der Waals surface area contributed by atoms with E-state index in [1.807, 2.05) is 0 Å². The number of hydrogen-bond acceptors (Lipinski definition) is 2. The fourth-order valence-corrected chi connectivity index (χ4v) is 2.24. The molecule has 0 bridgehead atoms. The molecule has 1 rings (SSSR count). The zero-order valence-corrected chi connectivity index (χ0v) is 11.4. The normalized spacial score (nSPS) is 21.8. The third-order valence-electron chi connectivity index (χ3n) is 3.24. The summed E-state index contributed by atoms with van der Waals surface area (Å²) in [5.41, 5.74) is 0. The van der Waals surface area contributed by atoms with E-state index in [2.05, 4.69) is 29.5 Å². The third-order valence-corrected chi connectivity index (χ3v) is 3.52. The van der Waals surface area contributed by atoms with Crippen LogP contribution >= 0.6 is 12.2 Å². The maximum atomic E-state index is 5.23. The molecule has 0 aliphatic carbocycles. The Bertz CT molecular complexity index is 208. The molecular formula is C12H25N3S. The van der Waals surface area contributed by atoms with Gasteiger partial charge in [0, 0.05) is 19.1 Å². The van der Waals surface area contributed by atoms with Gasteiger partial charge in [0.15, 0.2) is 5.11 Å². The molecule has 0 saturated carbocycles. The Labute approximate surface area is 105 Å². The first-order valence-electron chi connectivity index (χ1n) is 6.46. The zero-order chi connectivity index (χ0) is 11.8. The first-order chi connectivity index (χ1) is 7.74. The predicted octanol–water partition coefficient (Wildman–Crippen LogP) is 1.73. The van der Waals surface area contributed by atoms with E-state index in [-0.39, 0.29) is 0 Å². The number of rotatable bonds is 5. The lowest BCUT2D eigenvalue weighted by Crippen LogP contribution is -2.47. The van der Waals surface area contributed by atoms with Gasteiger partial charge in [-0.05, 0) is 45.1 Å². The Morgan fingerprint density at radius 2 is 2.19 bits per heavy atom. The van der Waals surface area contributed by atoms with Crippen molar-refractivity contribution in [1.29, 1.82) is 0 Å². The van der Waals surface area contributed by atoms with Crippen LogP contribution in [0, 0.1) is 0 Å². The predicted molar refractivity (Wildman–Crippen MR) is 73.8 cm³/mol. The Kier molecular flexibility index (Phi) is 6.73. The van der Waals surface area contributed by atoms with Crippen molar-refractivity contribution < 1.29 is 0 Å². The second-order valence-electron chi connectivity index (χ2n) is 4.62. The van der Waals surface area contributed by atoms with Crippen molar-refractivity contribution >= 4 is 17.3 Å². The van der Waals surface area contributed by atoms with E-state index in [1.54, 1.807) is 0 Å². The Hall–Kier alpha value is -0.350. The molecule has 0 spiro atoms. The molecule has 1 fully saturated rings. The molecule has 1 saturated heterocycles. The molecule has 1 heterocycles. The number of likely N-dealkylation sites (N-methyl/N-ethyl adjacent to an activating group) is 1. The standard InChI is InChI=1S/C12H25N3S/c1-3-4-8-13-12(16)14-10-11-7-5-6-9-15(11)2/h11H,3-10H2,1-2H3,(H2,13,14,16). The van der Waals surface area contributed by atoms with E-state index in [1.165, 1.54) is 38.6 Å². The lowest BCUT2D eigenvalue weighted by Gasteiger charge is -2.32. The van der Waals surface area contributed by atoms with Gasteiger partial charge in [-0.1, -0.05) is 19.8 Å². The Morgan fingerprint density at radius 3 is 2.88 bits per heavy atom. The van der Waals surface area contributed by atoms with Crippen LogP contribution in [-0.2, 0) is 0 Å². The van der Waals surface area contributed by atoms with Gasteiger partial charge in [-0.3, -0.25) is 0 Å². The quantitative estimate of drug-likeness (QED) is 0.568. The molecule has 0 aromatic carbocycles. The van der Waals surface area contributed by atoms with Crippen molar-refractivity contribution in [2.75, 3.05) is 26.7 Å². The SMILES string of the molecule is CCCCNC(=S)NCC1CCCCN1C. The van der Waals surface area contributed by atoms with Crippen molar-refractivity contribution in [3.8, 4) is 0 Å². The second kappa shape index (κ2) is 7.85. The van der Waals surface area contributed by atoms with E-state index >= 15 is 0 Å². The summed E-state index contributed by atoms with van der Waals surface area (Å²) in [6.45, 7) is 5.38. The molecule has 1 unspecified atom stereocenters. The molecule has 4 heteroatoms. The van der Waals surface area contributed by atoms with Crippen molar-refractivity contribution in [3.05, 3.63) is 0 Å². The summed E-state index contributed by atoms with van der Waals surface area (Å²) in [4.78, 5) is 2.44. The molecule has 2 N–H and O–H groups in total. The summed E-state index contributed by atoms with van der Waals surface area (Å²) in [6.07, 6.45) is 6.38. The smallest absolute Gasteiger partial charge is 0.166 e. The van der Waals surface area contributed by atoms with Crippen LogP contribution in [0.5, 0.6) is 0 Å². The van der Waals surface area contributed by atoms with Crippen LogP contribution in [0.25, 0.3) is 0 Å². The second-order valence-corrected chi connectivity index (χ2v) is 5.03. The summed E-state index contributed by atoms with van der Waals surface area (Å²) in [7, 11) is 2.21. The molecule has 94 valence electrons. The maximum Gasteiger partial charge on any atom is 0.166 e. The first kappa shape index (κ1) is 13.7. The highest BCUT2D eigenvalue weighted by molar-refractivity contribution is 7.80. The average molecular weight is 243 g/mol. The summed E-state index contributed by atoms with van der Waals surface area (Å²) >= 11 is 5.23. The van der Waals surface area contributed by atoms with Crippen molar-refractivity contribution in [2.24, 2.45) is 0 Å². The minimum absolute atomic E-state index is 0.652. The molecule has 16 heavy (non-hydrogen) atoms. The summed E-state index contributed by atoms with van der Waals surface area (Å²) in [6, 6.07) is 0.652. The average Bonchev–Trinajstić information content (AvgIpc) is 2.28. The van der Waals surface area contributed by atoms with E-state index < -0.39 is 0 Å². The van der Waals surface area contributed by atoms with Crippen molar-refractivity contribution in [2.45, 2.75) is 45.1 Å². The molecule has 0 aromatic rings. The van der Waals surface area contributed by atoms with Crippen LogP contribution in [0.1, 0.15) is 39.0 Å². The lowest BCUT2D eigenvalue weighted by molar-refractivity contribution is 0.186. The molecule has 1 atom stereocenters. The van der Waals surface area contributed by atoms with Crippen LogP contribution in [0.2, 0.25) is 0 Å². The Balaban J connectivity index is 2.10. The first-order valence-corrected chi connectivity index (χ1v) is 6.86. The number of thiocarbonyl (C=S) groups is 1.